The molecule has 0 aliphatic heterocycles. The minimum Gasteiger partial charge on any atom is -0.339 e. The van der Waals surface area contributed by atoms with Crippen LogP contribution in [0.1, 0.15) is 19.7 Å². The van der Waals surface area contributed by atoms with E-state index < -0.39 is 11.7 Å². The van der Waals surface area contributed by atoms with Crippen LogP contribution in [0.2, 0.25) is 0 Å². The molecular formula is C13H12BrF2N5O. The lowest BCUT2D eigenvalue weighted by Gasteiger charge is -2.12. The van der Waals surface area contributed by atoms with E-state index in [1.165, 1.54) is 25.4 Å². The average molecular weight is 372 g/mol. The average Bonchev–Trinajstić information content (AvgIpc) is 2.41. The van der Waals surface area contributed by atoms with Gasteiger partial charge in [-0.25, -0.2) is 15.0 Å². The van der Waals surface area contributed by atoms with Crippen molar-refractivity contribution in [3.05, 3.63) is 34.8 Å². The Labute approximate surface area is 133 Å². The summed E-state index contributed by atoms with van der Waals surface area (Å²) < 4.78 is 27.1. The molecule has 0 spiro atoms. The van der Waals surface area contributed by atoms with Gasteiger partial charge in [0.1, 0.15) is 11.6 Å². The highest BCUT2D eigenvalue weighted by molar-refractivity contribution is 9.10. The summed E-state index contributed by atoms with van der Waals surface area (Å²) in [5.41, 5.74) is 0.516. The highest BCUT2D eigenvalue weighted by Crippen LogP contribution is 2.28. The third-order valence-electron chi connectivity index (χ3n) is 2.47. The number of hydrogen-bond acceptors (Lipinski definition) is 5. The molecule has 2 aromatic heterocycles. The van der Waals surface area contributed by atoms with Gasteiger partial charge in [-0.1, -0.05) is 0 Å². The number of pyridine rings is 1. The molecule has 1 amide bonds. The van der Waals surface area contributed by atoms with Crippen LogP contribution in [0.25, 0.3) is 0 Å². The summed E-state index contributed by atoms with van der Waals surface area (Å²) in [4.78, 5) is 22.4. The van der Waals surface area contributed by atoms with Crippen LogP contribution < -0.4 is 10.6 Å². The van der Waals surface area contributed by atoms with Gasteiger partial charge in [0.15, 0.2) is 0 Å². The van der Waals surface area contributed by atoms with Gasteiger partial charge in [-0.05, 0) is 22.0 Å². The Hall–Kier alpha value is -2.16. The van der Waals surface area contributed by atoms with Gasteiger partial charge in [-0.3, -0.25) is 4.79 Å². The van der Waals surface area contributed by atoms with Crippen molar-refractivity contribution < 1.29 is 13.6 Å². The molecule has 0 radical (unpaired) electrons. The lowest BCUT2D eigenvalue weighted by atomic mass is 10.3. The summed E-state index contributed by atoms with van der Waals surface area (Å²) in [6.07, 6.45) is 2.72. The van der Waals surface area contributed by atoms with Crippen LogP contribution >= 0.6 is 15.9 Å². The number of carbonyl (C=O) groups excluding carboxylic acids is 1. The van der Waals surface area contributed by atoms with Crippen molar-refractivity contribution in [1.82, 2.24) is 15.0 Å². The molecule has 2 rings (SSSR count). The number of carbonyl (C=O) groups is 1. The number of nitrogens with one attached hydrogen (secondary N) is 2. The lowest BCUT2D eigenvalue weighted by Crippen LogP contribution is -2.13. The summed E-state index contributed by atoms with van der Waals surface area (Å²) in [5.74, 6) is -3.45. The SMILES string of the molecule is CC(=O)Nc1cc(Nc2ccnc(C(C)(F)F)n2)c(Br)cn1. The van der Waals surface area contributed by atoms with E-state index in [2.05, 4.69) is 41.5 Å². The Morgan fingerprint density at radius 1 is 1.32 bits per heavy atom. The Bertz CT molecular complexity index is 705. The van der Waals surface area contributed by atoms with Crippen LogP contribution in [0.15, 0.2) is 29.0 Å². The van der Waals surface area contributed by atoms with Crippen molar-refractivity contribution in [2.75, 3.05) is 10.6 Å². The number of nitrogens with zero attached hydrogens (tertiary/aromatic N) is 3. The number of amides is 1. The van der Waals surface area contributed by atoms with Gasteiger partial charge in [0.25, 0.3) is 0 Å². The summed E-state index contributed by atoms with van der Waals surface area (Å²) in [5, 5.41) is 5.41. The summed E-state index contributed by atoms with van der Waals surface area (Å²) in [6.45, 7) is 2.08. The number of alkyl halides is 2. The van der Waals surface area contributed by atoms with Crippen molar-refractivity contribution in [2.24, 2.45) is 0 Å². The molecule has 2 N–H and O–H groups in total. The maximum absolute atomic E-state index is 13.2. The summed E-state index contributed by atoms with van der Waals surface area (Å²) in [7, 11) is 0. The molecule has 0 bridgehead atoms. The predicted octanol–water partition coefficient (Wildman–Crippen LogP) is 3.45. The minimum absolute atomic E-state index is 0.201. The Morgan fingerprint density at radius 2 is 2.05 bits per heavy atom. The van der Waals surface area contributed by atoms with E-state index in [1.807, 2.05) is 0 Å². The van der Waals surface area contributed by atoms with Crippen molar-refractivity contribution in [3.8, 4) is 0 Å². The number of anilines is 3. The van der Waals surface area contributed by atoms with Gasteiger partial charge in [0.05, 0.1) is 10.2 Å². The lowest BCUT2D eigenvalue weighted by molar-refractivity contribution is -0.114. The van der Waals surface area contributed by atoms with Crippen LogP contribution in [-0.4, -0.2) is 20.9 Å². The summed E-state index contributed by atoms with van der Waals surface area (Å²) >= 11 is 3.28. The fraction of sp³-hybridized carbons (Fsp3) is 0.231. The third-order valence-corrected chi connectivity index (χ3v) is 3.10. The number of aromatic nitrogens is 3. The largest absolute Gasteiger partial charge is 0.339 e. The molecule has 0 saturated carbocycles. The van der Waals surface area contributed by atoms with E-state index in [0.717, 1.165) is 6.92 Å². The second kappa shape index (κ2) is 6.30. The minimum atomic E-state index is -3.13. The molecule has 0 fully saturated rings. The molecule has 2 aromatic rings. The van der Waals surface area contributed by atoms with Crippen LogP contribution in [0.4, 0.5) is 26.1 Å². The molecule has 0 aliphatic rings. The van der Waals surface area contributed by atoms with E-state index in [9.17, 15) is 13.6 Å². The fourth-order valence-corrected chi connectivity index (χ4v) is 1.88. The zero-order chi connectivity index (χ0) is 16.3. The first-order valence-corrected chi connectivity index (χ1v) is 6.96. The molecule has 0 aromatic carbocycles. The molecule has 0 saturated heterocycles. The van der Waals surface area contributed by atoms with E-state index >= 15 is 0 Å². The van der Waals surface area contributed by atoms with Crippen LogP contribution in [-0.2, 0) is 10.7 Å². The van der Waals surface area contributed by atoms with Crippen LogP contribution in [0, 0.1) is 0 Å². The van der Waals surface area contributed by atoms with E-state index in [1.54, 1.807) is 6.07 Å². The quantitative estimate of drug-likeness (QED) is 0.860. The molecule has 22 heavy (non-hydrogen) atoms. The molecular weight excluding hydrogens is 360 g/mol. The van der Waals surface area contributed by atoms with Gasteiger partial charge in [0, 0.05) is 32.3 Å². The van der Waals surface area contributed by atoms with Gasteiger partial charge in [-0.2, -0.15) is 8.78 Å². The van der Waals surface area contributed by atoms with Gasteiger partial charge >= 0.3 is 5.92 Å². The second-order valence-electron chi connectivity index (χ2n) is 4.51. The van der Waals surface area contributed by atoms with Gasteiger partial charge < -0.3 is 10.6 Å². The number of rotatable bonds is 4. The molecule has 9 heteroatoms. The first kappa shape index (κ1) is 16.2. The highest BCUT2D eigenvalue weighted by atomic mass is 79.9. The van der Waals surface area contributed by atoms with Crippen LogP contribution in [0.5, 0.6) is 0 Å². The normalized spacial score (nSPS) is 11.1. The molecule has 0 aliphatic carbocycles. The molecule has 2 heterocycles. The third kappa shape index (κ3) is 4.17. The number of halogens is 3. The van der Waals surface area contributed by atoms with Crippen molar-refractivity contribution >= 4 is 39.2 Å². The van der Waals surface area contributed by atoms with Crippen molar-refractivity contribution in [3.63, 3.8) is 0 Å². The van der Waals surface area contributed by atoms with Gasteiger partial charge in [-0.15, -0.1) is 0 Å². The maximum Gasteiger partial charge on any atom is 0.303 e. The standard InChI is InChI=1S/C13H12BrF2N5O/c1-7(22)19-11-5-9(8(14)6-18-11)20-10-3-4-17-12(21-10)13(2,15)16/h3-6H,1-2H3,(H2,17,18,19,20,21,22). The molecule has 0 unspecified atom stereocenters. The zero-order valence-corrected chi connectivity index (χ0v) is 13.3. The Kier molecular flexibility index (Phi) is 4.65. The predicted molar refractivity (Wildman–Crippen MR) is 81.1 cm³/mol. The molecule has 116 valence electrons. The topological polar surface area (TPSA) is 79.8 Å². The van der Waals surface area contributed by atoms with Crippen molar-refractivity contribution in [2.45, 2.75) is 19.8 Å². The Morgan fingerprint density at radius 3 is 2.68 bits per heavy atom. The second-order valence-corrected chi connectivity index (χ2v) is 5.36. The van der Waals surface area contributed by atoms with Crippen molar-refractivity contribution in [1.29, 1.82) is 0 Å². The first-order chi connectivity index (χ1) is 10.3. The first-order valence-electron chi connectivity index (χ1n) is 6.17. The number of hydrogen-bond donors (Lipinski definition) is 2. The Balaban J connectivity index is 2.29. The van der Waals surface area contributed by atoms with E-state index in [4.69, 9.17) is 0 Å². The van der Waals surface area contributed by atoms with Crippen LogP contribution in [0.3, 0.4) is 0 Å². The highest BCUT2D eigenvalue weighted by Gasteiger charge is 2.28. The maximum atomic E-state index is 13.2. The van der Waals surface area contributed by atoms with E-state index in [0.29, 0.717) is 16.0 Å². The molecule has 6 nitrogen and oxygen atoms in total. The molecule has 0 atom stereocenters. The monoisotopic (exact) mass is 371 g/mol. The fourth-order valence-electron chi connectivity index (χ4n) is 1.56. The zero-order valence-electron chi connectivity index (χ0n) is 11.7. The summed E-state index contributed by atoms with van der Waals surface area (Å²) in [6, 6.07) is 3.01. The van der Waals surface area contributed by atoms with E-state index in [-0.39, 0.29) is 11.7 Å². The van der Waals surface area contributed by atoms with Gasteiger partial charge in [0.2, 0.25) is 11.7 Å². The smallest absolute Gasteiger partial charge is 0.303 e.